The molecule has 5 heteroatoms. The second-order valence-electron chi connectivity index (χ2n) is 4.93. The van der Waals surface area contributed by atoms with Crippen LogP contribution in [-0.2, 0) is 11.3 Å². The van der Waals surface area contributed by atoms with Crippen molar-refractivity contribution in [1.29, 1.82) is 0 Å². The highest BCUT2D eigenvalue weighted by atomic mass is 16.5. The van der Waals surface area contributed by atoms with Crippen LogP contribution in [0.15, 0.2) is 18.2 Å². The highest BCUT2D eigenvalue weighted by molar-refractivity contribution is 5.70. The van der Waals surface area contributed by atoms with E-state index < -0.39 is 5.97 Å². The minimum absolute atomic E-state index is 0.195. The van der Waals surface area contributed by atoms with Crippen molar-refractivity contribution in [3.05, 3.63) is 23.8 Å². The largest absolute Gasteiger partial charge is 0.494 e. The van der Waals surface area contributed by atoms with Gasteiger partial charge in [-0.05, 0) is 32.0 Å². The number of hydrogen-bond acceptors (Lipinski definition) is 4. The molecule has 1 fully saturated rings. The molecule has 0 radical (unpaired) electrons. The van der Waals surface area contributed by atoms with E-state index in [0.29, 0.717) is 18.5 Å². The van der Waals surface area contributed by atoms with Crippen molar-refractivity contribution in [2.45, 2.75) is 19.4 Å². The summed E-state index contributed by atoms with van der Waals surface area (Å²) >= 11 is 0. The highest BCUT2D eigenvalue weighted by Crippen LogP contribution is 2.28. The molecule has 5 nitrogen and oxygen atoms in total. The van der Waals surface area contributed by atoms with Gasteiger partial charge < -0.3 is 15.6 Å². The molecule has 0 aliphatic carbocycles. The summed E-state index contributed by atoms with van der Waals surface area (Å²) in [6.45, 7) is 2.35. The predicted molar refractivity (Wildman–Crippen MR) is 73.0 cm³/mol. The summed E-state index contributed by atoms with van der Waals surface area (Å²) in [7, 11) is 1.62. The molecular formula is C14H20N2O3. The summed E-state index contributed by atoms with van der Waals surface area (Å²) in [5.74, 6) is -0.150. The van der Waals surface area contributed by atoms with Crippen LogP contribution in [0, 0.1) is 5.92 Å². The van der Waals surface area contributed by atoms with Crippen molar-refractivity contribution in [1.82, 2.24) is 4.90 Å². The number of anilines is 1. The molecule has 1 aromatic rings. The zero-order valence-electron chi connectivity index (χ0n) is 11.1. The number of hydrogen-bond donors (Lipinski definition) is 2. The molecule has 3 N–H and O–H groups in total. The Morgan fingerprint density at radius 3 is 2.74 bits per heavy atom. The van der Waals surface area contributed by atoms with Crippen LogP contribution in [-0.4, -0.2) is 36.2 Å². The zero-order chi connectivity index (χ0) is 13.8. The standard InChI is InChI=1S/C14H20N2O3/c1-19-13-11(3-2-4-12(13)15)9-16-7-5-10(6-8-16)14(17)18/h2-4,10H,5-9,15H2,1H3,(H,17,18). The molecule has 0 bridgehead atoms. The zero-order valence-corrected chi connectivity index (χ0v) is 11.1. The van der Waals surface area contributed by atoms with Gasteiger partial charge in [0.25, 0.3) is 0 Å². The Bertz CT molecular complexity index is 454. The first-order valence-electron chi connectivity index (χ1n) is 6.48. The third-order valence-corrected chi connectivity index (χ3v) is 3.66. The second-order valence-corrected chi connectivity index (χ2v) is 4.93. The third-order valence-electron chi connectivity index (χ3n) is 3.66. The molecule has 0 unspecified atom stereocenters. The number of aliphatic carboxylic acids is 1. The average Bonchev–Trinajstić information content (AvgIpc) is 2.39. The number of rotatable bonds is 4. The van der Waals surface area contributed by atoms with E-state index in [-0.39, 0.29) is 5.92 Å². The van der Waals surface area contributed by atoms with Crippen LogP contribution in [0.4, 0.5) is 5.69 Å². The van der Waals surface area contributed by atoms with Crippen LogP contribution in [0.5, 0.6) is 5.75 Å². The molecule has 104 valence electrons. The Hall–Kier alpha value is -1.75. The number of para-hydroxylation sites is 1. The van der Waals surface area contributed by atoms with Gasteiger partial charge in [0.1, 0.15) is 5.75 Å². The van der Waals surface area contributed by atoms with Gasteiger partial charge in [0.2, 0.25) is 0 Å². The van der Waals surface area contributed by atoms with Crippen molar-refractivity contribution < 1.29 is 14.6 Å². The van der Waals surface area contributed by atoms with Gasteiger partial charge in [-0.1, -0.05) is 12.1 Å². The molecule has 1 aliphatic heterocycles. The SMILES string of the molecule is COc1c(N)cccc1CN1CCC(C(=O)O)CC1. The molecule has 1 heterocycles. The maximum absolute atomic E-state index is 10.9. The van der Waals surface area contributed by atoms with Gasteiger partial charge in [-0.2, -0.15) is 0 Å². The van der Waals surface area contributed by atoms with Crippen LogP contribution in [0.1, 0.15) is 18.4 Å². The number of nitrogens with zero attached hydrogens (tertiary/aromatic N) is 1. The van der Waals surface area contributed by atoms with E-state index in [1.165, 1.54) is 0 Å². The van der Waals surface area contributed by atoms with Gasteiger partial charge in [-0.3, -0.25) is 9.69 Å². The maximum atomic E-state index is 10.9. The van der Waals surface area contributed by atoms with Crippen molar-refractivity contribution in [3.63, 3.8) is 0 Å². The third kappa shape index (κ3) is 3.17. The van der Waals surface area contributed by atoms with Crippen molar-refractivity contribution in [2.75, 3.05) is 25.9 Å². The molecule has 0 aromatic heterocycles. The Morgan fingerprint density at radius 1 is 1.47 bits per heavy atom. The Labute approximate surface area is 113 Å². The van der Waals surface area contributed by atoms with Gasteiger partial charge in [-0.15, -0.1) is 0 Å². The lowest BCUT2D eigenvalue weighted by atomic mass is 9.96. The summed E-state index contributed by atoms with van der Waals surface area (Å²) < 4.78 is 5.33. The first-order chi connectivity index (χ1) is 9.11. The molecular weight excluding hydrogens is 244 g/mol. The average molecular weight is 264 g/mol. The first-order valence-corrected chi connectivity index (χ1v) is 6.48. The number of nitrogen functional groups attached to an aromatic ring is 1. The van der Waals surface area contributed by atoms with Crippen LogP contribution in [0.2, 0.25) is 0 Å². The Morgan fingerprint density at radius 2 is 2.16 bits per heavy atom. The lowest BCUT2D eigenvalue weighted by Gasteiger charge is -2.30. The number of nitrogens with two attached hydrogens (primary N) is 1. The molecule has 19 heavy (non-hydrogen) atoms. The van der Waals surface area contributed by atoms with E-state index >= 15 is 0 Å². The van der Waals surface area contributed by atoms with Crippen molar-refractivity contribution in [2.24, 2.45) is 5.92 Å². The van der Waals surface area contributed by atoms with E-state index in [0.717, 1.165) is 30.9 Å². The molecule has 0 atom stereocenters. The van der Waals surface area contributed by atoms with Crippen molar-refractivity contribution in [3.8, 4) is 5.75 Å². The molecule has 1 saturated heterocycles. The summed E-state index contributed by atoms with van der Waals surface area (Å²) in [6.07, 6.45) is 1.42. The van der Waals surface area contributed by atoms with Gasteiger partial charge >= 0.3 is 5.97 Å². The molecule has 0 amide bonds. The van der Waals surface area contributed by atoms with E-state index in [9.17, 15) is 4.79 Å². The van der Waals surface area contributed by atoms with E-state index in [4.69, 9.17) is 15.6 Å². The fraction of sp³-hybridized carbons (Fsp3) is 0.500. The normalized spacial score (nSPS) is 17.3. The number of benzene rings is 1. The minimum atomic E-state index is -0.679. The first kappa shape index (κ1) is 13.7. The summed E-state index contributed by atoms with van der Waals surface area (Å²) in [5, 5.41) is 8.98. The quantitative estimate of drug-likeness (QED) is 0.807. The number of carboxylic acid groups (broad SMARTS) is 1. The summed E-state index contributed by atoms with van der Waals surface area (Å²) in [5.41, 5.74) is 7.57. The Kier molecular flexibility index (Phi) is 4.27. The van der Waals surface area contributed by atoms with Crippen LogP contribution >= 0.6 is 0 Å². The topological polar surface area (TPSA) is 75.8 Å². The van der Waals surface area contributed by atoms with Crippen LogP contribution in [0.3, 0.4) is 0 Å². The number of piperidine rings is 1. The minimum Gasteiger partial charge on any atom is -0.494 e. The predicted octanol–water partition coefficient (Wildman–Crippen LogP) is 1.57. The van der Waals surface area contributed by atoms with E-state index in [1.807, 2.05) is 18.2 Å². The molecule has 1 aromatic carbocycles. The van der Waals surface area contributed by atoms with Gasteiger partial charge in [0, 0.05) is 12.1 Å². The number of likely N-dealkylation sites (tertiary alicyclic amines) is 1. The highest BCUT2D eigenvalue weighted by Gasteiger charge is 2.24. The smallest absolute Gasteiger partial charge is 0.306 e. The summed E-state index contributed by atoms with van der Waals surface area (Å²) in [4.78, 5) is 13.2. The molecule has 2 rings (SSSR count). The summed E-state index contributed by atoms with van der Waals surface area (Å²) in [6, 6.07) is 5.73. The second kappa shape index (κ2) is 5.93. The monoisotopic (exact) mass is 264 g/mol. The number of ether oxygens (including phenoxy) is 1. The van der Waals surface area contributed by atoms with Gasteiger partial charge in [0.15, 0.2) is 0 Å². The fourth-order valence-corrected chi connectivity index (χ4v) is 2.56. The Balaban J connectivity index is 1.99. The molecule has 0 saturated carbocycles. The number of carboxylic acids is 1. The molecule has 1 aliphatic rings. The van der Waals surface area contributed by atoms with E-state index in [1.54, 1.807) is 7.11 Å². The van der Waals surface area contributed by atoms with E-state index in [2.05, 4.69) is 4.90 Å². The van der Waals surface area contributed by atoms with Crippen LogP contribution < -0.4 is 10.5 Å². The van der Waals surface area contributed by atoms with Gasteiger partial charge in [-0.25, -0.2) is 0 Å². The fourth-order valence-electron chi connectivity index (χ4n) is 2.56. The lowest BCUT2D eigenvalue weighted by molar-refractivity contribution is -0.143. The number of methoxy groups -OCH3 is 1. The van der Waals surface area contributed by atoms with Gasteiger partial charge in [0.05, 0.1) is 18.7 Å². The molecule has 0 spiro atoms. The maximum Gasteiger partial charge on any atom is 0.306 e. The number of carbonyl (C=O) groups is 1. The van der Waals surface area contributed by atoms with Crippen LogP contribution in [0.25, 0.3) is 0 Å². The lowest BCUT2D eigenvalue weighted by Crippen LogP contribution is -2.35. The van der Waals surface area contributed by atoms with Crippen molar-refractivity contribution >= 4 is 11.7 Å².